The van der Waals surface area contributed by atoms with E-state index >= 15 is 0 Å². The van der Waals surface area contributed by atoms with E-state index in [1.54, 1.807) is 55.6 Å². The monoisotopic (exact) mass is 444 g/mol. The van der Waals surface area contributed by atoms with E-state index in [0.717, 1.165) is 4.90 Å². The number of nitrogens with zero attached hydrogens (tertiary/aromatic N) is 1. The average Bonchev–Trinajstić information content (AvgIpc) is 3.08. The fourth-order valence-corrected chi connectivity index (χ4v) is 3.69. The summed E-state index contributed by atoms with van der Waals surface area (Å²) in [5.41, 5.74) is 1.99. The lowest BCUT2D eigenvalue weighted by molar-refractivity contribution is -0.120. The van der Waals surface area contributed by atoms with Crippen LogP contribution in [-0.2, 0) is 9.59 Å². The number of ether oxygens (including phenoxy) is 3. The molecule has 3 aromatic rings. The van der Waals surface area contributed by atoms with Crippen molar-refractivity contribution in [3.63, 3.8) is 0 Å². The van der Waals surface area contributed by atoms with E-state index in [2.05, 4.69) is 5.32 Å². The van der Waals surface area contributed by atoms with Crippen molar-refractivity contribution in [2.45, 2.75) is 6.92 Å². The molecule has 1 aliphatic rings. The number of rotatable bonds is 8. The minimum absolute atomic E-state index is 0.161. The number of carbonyl (C=O) groups excluding carboxylic acids is 2. The van der Waals surface area contributed by atoms with Crippen LogP contribution in [0.15, 0.2) is 78.5 Å². The molecule has 7 heteroatoms. The van der Waals surface area contributed by atoms with Gasteiger partial charge in [-0.2, -0.15) is 0 Å². The summed E-state index contributed by atoms with van der Waals surface area (Å²) in [6.07, 6.45) is 0. The number of nitrogens with one attached hydrogen (secondary N) is 1. The number of amides is 2. The molecule has 1 N–H and O–H groups in total. The molecule has 1 heterocycles. The Labute approximate surface area is 192 Å². The van der Waals surface area contributed by atoms with E-state index in [4.69, 9.17) is 14.2 Å². The van der Waals surface area contributed by atoms with Crippen molar-refractivity contribution in [3.05, 3.63) is 84.1 Å². The first-order valence-electron chi connectivity index (χ1n) is 10.5. The summed E-state index contributed by atoms with van der Waals surface area (Å²) in [5, 5.41) is 3.15. The maximum Gasteiger partial charge on any atom is 0.282 e. The summed E-state index contributed by atoms with van der Waals surface area (Å²) in [4.78, 5) is 28.3. The lowest BCUT2D eigenvalue weighted by Gasteiger charge is -2.16. The molecule has 4 rings (SSSR count). The van der Waals surface area contributed by atoms with Crippen LogP contribution in [0.4, 0.5) is 11.4 Å². The highest BCUT2D eigenvalue weighted by molar-refractivity contribution is 6.46. The molecule has 0 spiro atoms. The van der Waals surface area contributed by atoms with Crippen LogP contribution in [0.2, 0.25) is 0 Å². The third-order valence-electron chi connectivity index (χ3n) is 5.21. The lowest BCUT2D eigenvalue weighted by atomic mass is 10.0. The Morgan fingerprint density at radius 3 is 2.27 bits per heavy atom. The van der Waals surface area contributed by atoms with Gasteiger partial charge in [0.1, 0.15) is 22.9 Å². The predicted octanol–water partition coefficient (Wildman–Crippen LogP) is 4.50. The van der Waals surface area contributed by atoms with Gasteiger partial charge in [-0.1, -0.05) is 24.3 Å². The molecule has 0 fully saturated rings. The lowest BCUT2D eigenvalue weighted by Crippen LogP contribution is -2.32. The molecule has 0 radical (unpaired) electrons. The number of imide groups is 1. The summed E-state index contributed by atoms with van der Waals surface area (Å²) in [5.74, 6) is 0.867. The van der Waals surface area contributed by atoms with Gasteiger partial charge in [0.15, 0.2) is 0 Å². The molecule has 0 unspecified atom stereocenters. The summed E-state index contributed by atoms with van der Waals surface area (Å²) in [6.45, 7) is 2.41. The summed E-state index contributed by atoms with van der Waals surface area (Å²) in [7, 11) is 3.08. The Bertz CT molecular complexity index is 1220. The van der Waals surface area contributed by atoms with Crippen LogP contribution >= 0.6 is 0 Å². The maximum absolute atomic E-state index is 13.6. The highest BCUT2D eigenvalue weighted by atomic mass is 16.5. The third kappa shape index (κ3) is 4.25. The number of carbonyl (C=O) groups is 2. The van der Waals surface area contributed by atoms with Crippen LogP contribution in [0.5, 0.6) is 17.2 Å². The molecule has 0 aliphatic carbocycles. The Morgan fingerprint density at radius 2 is 1.58 bits per heavy atom. The molecular weight excluding hydrogens is 420 g/mol. The van der Waals surface area contributed by atoms with Gasteiger partial charge in [-0.05, 0) is 49.4 Å². The highest BCUT2D eigenvalue weighted by Gasteiger charge is 2.41. The van der Waals surface area contributed by atoms with Gasteiger partial charge in [-0.25, -0.2) is 4.90 Å². The van der Waals surface area contributed by atoms with Gasteiger partial charge in [0.2, 0.25) is 0 Å². The van der Waals surface area contributed by atoms with E-state index in [0.29, 0.717) is 40.8 Å². The van der Waals surface area contributed by atoms with Crippen LogP contribution in [0, 0.1) is 0 Å². The first-order chi connectivity index (χ1) is 16.1. The molecule has 7 nitrogen and oxygen atoms in total. The van der Waals surface area contributed by atoms with Crippen molar-refractivity contribution in [2.75, 3.05) is 31.0 Å². The third-order valence-corrected chi connectivity index (χ3v) is 5.21. The molecule has 168 valence electrons. The van der Waals surface area contributed by atoms with Gasteiger partial charge in [0.05, 0.1) is 32.1 Å². The van der Waals surface area contributed by atoms with Crippen LogP contribution in [0.25, 0.3) is 5.57 Å². The van der Waals surface area contributed by atoms with Crippen molar-refractivity contribution in [2.24, 2.45) is 0 Å². The van der Waals surface area contributed by atoms with Crippen LogP contribution < -0.4 is 24.4 Å². The molecule has 33 heavy (non-hydrogen) atoms. The molecular formula is C26H24N2O5. The second-order valence-corrected chi connectivity index (χ2v) is 7.18. The van der Waals surface area contributed by atoms with Gasteiger partial charge in [-0.3, -0.25) is 9.59 Å². The topological polar surface area (TPSA) is 77.1 Å². The first-order valence-corrected chi connectivity index (χ1v) is 10.5. The zero-order valence-corrected chi connectivity index (χ0v) is 18.6. The Morgan fingerprint density at radius 1 is 0.818 bits per heavy atom. The van der Waals surface area contributed by atoms with E-state index in [1.165, 1.54) is 7.11 Å². The molecule has 2 amide bonds. The second kappa shape index (κ2) is 9.48. The minimum Gasteiger partial charge on any atom is -0.497 e. The van der Waals surface area contributed by atoms with Crippen molar-refractivity contribution >= 4 is 28.8 Å². The average molecular weight is 444 g/mol. The zero-order chi connectivity index (χ0) is 23.4. The summed E-state index contributed by atoms with van der Waals surface area (Å²) >= 11 is 0. The normalized spacial score (nSPS) is 13.4. The van der Waals surface area contributed by atoms with E-state index < -0.39 is 11.8 Å². The Kier molecular flexibility index (Phi) is 6.31. The van der Waals surface area contributed by atoms with Gasteiger partial charge in [0.25, 0.3) is 11.8 Å². The fraction of sp³-hybridized carbons (Fsp3) is 0.154. The van der Waals surface area contributed by atoms with Crippen molar-refractivity contribution in [3.8, 4) is 17.2 Å². The van der Waals surface area contributed by atoms with Gasteiger partial charge >= 0.3 is 0 Å². The Hall–Kier alpha value is -4.26. The number of hydrogen-bond acceptors (Lipinski definition) is 6. The molecule has 0 bridgehead atoms. The van der Waals surface area contributed by atoms with Crippen molar-refractivity contribution in [1.29, 1.82) is 0 Å². The van der Waals surface area contributed by atoms with Gasteiger partial charge in [0, 0.05) is 17.3 Å². The number of hydrogen-bond donors (Lipinski definition) is 1. The van der Waals surface area contributed by atoms with Crippen molar-refractivity contribution < 1.29 is 23.8 Å². The van der Waals surface area contributed by atoms with Gasteiger partial charge < -0.3 is 19.5 Å². The fourth-order valence-electron chi connectivity index (χ4n) is 3.69. The largest absolute Gasteiger partial charge is 0.497 e. The summed E-state index contributed by atoms with van der Waals surface area (Å²) < 4.78 is 16.2. The Balaban J connectivity index is 1.81. The maximum atomic E-state index is 13.6. The number of benzene rings is 3. The van der Waals surface area contributed by atoms with E-state index in [9.17, 15) is 9.59 Å². The van der Waals surface area contributed by atoms with E-state index in [1.807, 2.05) is 31.2 Å². The quantitative estimate of drug-likeness (QED) is 0.516. The standard InChI is InChI=1S/C26H24N2O5/c1-4-33-20-9-7-8-17(16-20)27-24-23(21-10-5-6-11-22(21)32-3)25(29)28(26(24)30)18-12-14-19(31-2)15-13-18/h5-16,27H,4H2,1-3H3. The number of para-hydroxylation sites is 1. The zero-order valence-electron chi connectivity index (χ0n) is 18.6. The first kappa shape index (κ1) is 22.0. The van der Waals surface area contributed by atoms with Crippen LogP contribution in [0.1, 0.15) is 12.5 Å². The minimum atomic E-state index is -0.465. The van der Waals surface area contributed by atoms with Crippen LogP contribution in [-0.4, -0.2) is 32.6 Å². The van der Waals surface area contributed by atoms with Gasteiger partial charge in [-0.15, -0.1) is 0 Å². The van der Waals surface area contributed by atoms with Crippen LogP contribution in [0.3, 0.4) is 0 Å². The molecule has 0 atom stereocenters. The molecule has 0 saturated carbocycles. The summed E-state index contributed by atoms with van der Waals surface area (Å²) in [6, 6.07) is 21.1. The highest BCUT2D eigenvalue weighted by Crippen LogP contribution is 2.38. The number of anilines is 2. The SMILES string of the molecule is CCOc1cccc(NC2=C(c3ccccc3OC)C(=O)N(c3ccc(OC)cc3)C2=O)c1. The smallest absolute Gasteiger partial charge is 0.282 e. The second-order valence-electron chi connectivity index (χ2n) is 7.18. The number of methoxy groups -OCH3 is 2. The van der Waals surface area contributed by atoms with Crippen molar-refractivity contribution in [1.82, 2.24) is 0 Å². The molecule has 0 saturated heterocycles. The molecule has 0 aromatic heterocycles. The predicted molar refractivity (Wildman–Crippen MR) is 127 cm³/mol. The molecule has 3 aromatic carbocycles. The molecule has 1 aliphatic heterocycles. The van der Waals surface area contributed by atoms with E-state index in [-0.39, 0.29) is 11.3 Å².